The first-order valence-electron chi connectivity index (χ1n) is 18.8. The Balaban J connectivity index is 0.973. The van der Waals surface area contributed by atoms with Crippen molar-refractivity contribution in [3.63, 3.8) is 0 Å². The summed E-state index contributed by atoms with van der Waals surface area (Å²) in [5.41, 5.74) is 7.62. The van der Waals surface area contributed by atoms with Crippen molar-refractivity contribution in [1.82, 2.24) is 39.5 Å². The molecular formula is C44H49N9O2. The Morgan fingerprint density at radius 2 is 1.35 bits per heavy atom. The van der Waals surface area contributed by atoms with Gasteiger partial charge in [-0.3, -0.25) is 24.4 Å². The van der Waals surface area contributed by atoms with Gasteiger partial charge < -0.3 is 14.8 Å². The Kier molecular flexibility index (Phi) is 11.1. The number of carbonyl (C=O) groups excluding carboxylic acids is 2. The molecule has 0 bridgehead atoms. The molecule has 7 rings (SSSR count). The van der Waals surface area contributed by atoms with Crippen LogP contribution in [0.5, 0.6) is 0 Å². The van der Waals surface area contributed by atoms with Gasteiger partial charge in [-0.05, 0) is 70.2 Å². The van der Waals surface area contributed by atoms with E-state index < -0.39 is 0 Å². The van der Waals surface area contributed by atoms with E-state index in [2.05, 4.69) is 17.1 Å². The number of amides is 2. The average Bonchev–Trinajstić information content (AvgIpc) is 4.00. The summed E-state index contributed by atoms with van der Waals surface area (Å²) in [6.45, 7) is 2.74. The maximum atomic E-state index is 13.9. The Labute approximate surface area is 323 Å². The number of aromatic amines is 1. The number of H-pyrrole nitrogens is 1. The molecule has 1 fully saturated rings. The first-order chi connectivity index (χ1) is 26.6. The first kappa shape index (κ1) is 37.5. The fraction of sp³-hybridized carbons (Fsp3) is 0.318. The van der Waals surface area contributed by atoms with E-state index in [9.17, 15) is 9.59 Å². The number of likely N-dealkylation sites (tertiary alicyclic amines) is 1. The number of likely N-dealkylation sites (N-methyl/N-ethyl adjacent to an activating group) is 3. The van der Waals surface area contributed by atoms with Crippen LogP contribution in [0.1, 0.15) is 66.8 Å². The van der Waals surface area contributed by atoms with Crippen LogP contribution in [0.15, 0.2) is 115 Å². The molecule has 4 heterocycles. The lowest BCUT2D eigenvalue weighted by molar-refractivity contribution is -0.137. The molecule has 0 unspecified atom stereocenters. The minimum absolute atomic E-state index is 0.0352. The number of allylic oxidation sites excluding steroid dienone is 1. The molecule has 3 aromatic carbocycles. The van der Waals surface area contributed by atoms with Crippen LogP contribution < -0.4 is 0 Å². The van der Waals surface area contributed by atoms with Gasteiger partial charge in [0, 0.05) is 55.4 Å². The molecule has 2 aliphatic heterocycles. The highest BCUT2D eigenvalue weighted by Crippen LogP contribution is 2.35. The molecule has 2 aliphatic rings. The molecule has 2 amide bonds. The van der Waals surface area contributed by atoms with Crippen molar-refractivity contribution in [1.29, 1.82) is 0 Å². The van der Waals surface area contributed by atoms with Crippen molar-refractivity contribution >= 4 is 23.1 Å². The number of hydrogen-bond acceptors (Lipinski definition) is 8. The van der Waals surface area contributed by atoms with Gasteiger partial charge in [-0.15, -0.1) is 0 Å². The molecule has 4 atom stereocenters. The molecule has 11 heteroatoms. The van der Waals surface area contributed by atoms with Crippen LogP contribution in [0.3, 0.4) is 0 Å². The van der Waals surface area contributed by atoms with Gasteiger partial charge >= 0.3 is 0 Å². The number of nitrogens with one attached hydrogen (secondary N) is 1. The summed E-state index contributed by atoms with van der Waals surface area (Å²) in [5.74, 6) is 1.52. The number of aromatic nitrogens is 4. The minimum atomic E-state index is -0.370. The number of aliphatic imine (C=N–C) groups is 1. The lowest BCUT2D eigenvalue weighted by Gasteiger charge is -2.32. The quantitative estimate of drug-likeness (QED) is 0.149. The highest BCUT2D eigenvalue weighted by atomic mass is 16.2. The lowest BCUT2D eigenvalue weighted by Crippen LogP contribution is -2.45. The molecule has 0 radical (unpaired) electrons. The standard InChI is InChI=1S/C44H49N9O2/c1-29(52(6)43(54)39(50(2)3)31-14-9-7-10-15-31)36-24-34(25-45-36)30-19-21-33(22-20-30)41-46-26-35(27-47-41)37-28-48-42(49-37)38-18-13-23-53(38)44(55)40(51(4)5)32-16-11-8-12-17-32/h7-12,14-17,19-22,25-29,38-40H,13,18,23-24H2,1-6H3,(H,48,49)/t29-,38-,39+,40+/m0/s1. The molecule has 5 aromatic rings. The van der Waals surface area contributed by atoms with E-state index in [0.717, 1.165) is 63.5 Å². The number of imidazole rings is 1. The second-order valence-corrected chi connectivity index (χ2v) is 14.9. The highest BCUT2D eigenvalue weighted by molar-refractivity contribution is 6.03. The van der Waals surface area contributed by atoms with Crippen LogP contribution in [0.2, 0.25) is 0 Å². The summed E-state index contributed by atoms with van der Waals surface area (Å²) in [7, 11) is 9.62. The van der Waals surface area contributed by atoms with Gasteiger partial charge in [0.2, 0.25) is 11.8 Å². The highest BCUT2D eigenvalue weighted by Gasteiger charge is 2.37. The number of benzene rings is 3. The van der Waals surface area contributed by atoms with Crippen LogP contribution in [0.25, 0.3) is 28.2 Å². The van der Waals surface area contributed by atoms with Crippen LogP contribution in [0.4, 0.5) is 0 Å². The summed E-state index contributed by atoms with van der Waals surface area (Å²) >= 11 is 0. The molecule has 1 saturated heterocycles. The van der Waals surface area contributed by atoms with E-state index in [1.54, 1.807) is 23.5 Å². The Morgan fingerprint density at radius 3 is 1.96 bits per heavy atom. The number of carbonyl (C=O) groups is 2. The monoisotopic (exact) mass is 735 g/mol. The van der Waals surface area contributed by atoms with E-state index >= 15 is 0 Å². The molecule has 0 aliphatic carbocycles. The smallest absolute Gasteiger partial charge is 0.245 e. The molecular weight excluding hydrogens is 687 g/mol. The van der Waals surface area contributed by atoms with Crippen molar-refractivity contribution in [3.8, 4) is 22.6 Å². The van der Waals surface area contributed by atoms with E-state index in [0.29, 0.717) is 18.8 Å². The van der Waals surface area contributed by atoms with Crippen molar-refractivity contribution in [2.24, 2.45) is 4.99 Å². The Morgan fingerprint density at radius 1 is 0.745 bits per heavy atom. The molecule has 2 aromatic heterocycles. The van der Waals surface area contributed by atoms with Crippen molar-refractivity contribution in [2.75, 3.05) is 41.8 Å². The molecule has 1 N–H and O–H groups in total. The third-order valence-corrected chi connectivity index (χ3v) is 10.8. The average molecular weight is 736 g/mol. The number of hydrogen-bond donors (Lipinski definition) is 1. The number of nitrogens with zero attached hydrogens (tertiary/aromatic N) is 8. The fourth-order valence-electron chi connectivity index (χ4n) is 7.65. The maximum absolute atomic E-state index is 13.9. The molecule has 55 heavy (non-hydrogen) atoms. The third kappa shape index (κ3) is 7.90. The van der Waals surface area contributed by atoms with Gasteiger partial charge in [0.25, 0.3) is 0 Å². The summed E-state index contributed by atoms with van der Waals surface area (Å²) < 4.78 is 0. The van der Waals surface area contributed by atoms with Crippen LogP contribution in [0, 0.1) is 0 Å². The van der Waals surface area contributed by atoms with Gasteiger partial charge in [-0.2, -0.15) is 0 Å². The van der Waals surface area contributed by atoms with Gasteiger partial charge in [0.1, 0.15) is 17.9 Å². The molecule has 11 nitrogen and oxygen atoms in total. The largest absolute Gasteiger partial charge is 0.340 e. The minimum Gasteiger partial charge on any atom is -0.340 e. The first-order valence-corrected chi connectivity index (χ1v) is 18.8. The van der Waals surface area contributed by atoms with E-state index in [1.807, 2.05) is 136 Å². The second-order valence-electron chi connectivity index (χ2n) is 14.9. The zero-order valence-corrected chi connectivity index (χ0v) is 32.4. The van der Waals surface area contributed by atoms with Crippen molar-refractivity contribution in [3.05, 3.63) is 132 Å². The zero-order valence-electron chi connectivity index (χ0n) is 32.4. The van der Waals surface area contributed by atoms with Gasteiger partial charge in [0.15, 0.2) is 5.82 Å². The summed E-state index contributed by atoms with van der Waals surface area (Å²) in [5, 5.41) is 0. The van der Waals surface area contributed by atoms with Gasteiger partial charge in [0.05, 0.1) is 24.0 Å². The topological polar surface area (TPSA) is 114 Å². The Hall–Kier alpha value is -5.78. The van der Waals surface area contributed by atoms with E-state index in [4.69, 9.17) is 19.9 Å². The van der Waals surface area contributed by atoms with E-state index in [1.165, 1.54) is 0 Å². The Bertz CT molecular complexity index is 2160. The predicted molar refractivity (Wildman–Crippen MR) is 217 cm³/mol. The fourth-order valence-corrected chi connectivity index (χ4v) is 7.65. The van der Waals surface area contributed by atoms with Gasteiger partial charge in [-0.1, -0.05) is 84.9 Å². The SMILES string of the molecule is C[C@@H](C1=NC=C(c2ccc(-c3ncc(-c4cnc([C@@H]5CCCN5C(=O)[C@@H](c5ccccc5)N(C)C)[nH]4)cn3)cc2)C1)N(C)C(=O)[C@@H](c1ccccc1)N(C)C. The van der Waals surface area contributed by atoms with Crippen molar-refractivity contribution in [2.45, 2.75) is 50.4 Å². The molecule has 0 saturated carbocycles. The second kappa shape index (κ2) is 16.3. The summed E-state index contributed by atoms with van der Waals surface area (Å²) in [4.78, 5) is 57.6. The molecule has 0 spiro atoms. The zero-order chi connectivity index (χ0) is 38.6. The third-order valence-electron chi connectivity index (χ3n) is 10.8. The maximum Gasteiger partial charge on any atom is 0.245 e. The van der Waals surface area contributed by atoms with Crippen LogP contribution in [-0.4, -0.2) is 105 Å². The lowest BCUT2D eigenvalue weighted by atomic mass is 9.98. The molecule has 282 valence electrons. The number of rotatable bonds is 12. The van der Waals surface area contributed by atoms with Crippen molar-refractivity contribution < 1.29 is 9.59 Å². The van der Waals surface area contributed by atoms with E-state index in [-0.39, 0.29) is 36.0 Å². The summed E-state index contributed by atoms with van der Waals surface area (Å²) in [6, 6.07) is 27.0. The van der Waals surface area contributed by atoms with Crippen LogP contribution >= 0.6 is 0 Å². The normalized spacial score (nSPS) is 17.2. The predicted octanol–water partition coefficient (Wildman–Crippen LogP) is 6.84. The van der Waals surface area contributed by atoms with Gasteiger partial charge in [-0.25, -0.2) is 15.0 Å². The van der Waals surface area contributed by atoms with Crippen LogP contribution in [-0.2, 0) is 9.59 Å². The summed E-state index contributed by atoms with van der Waals surface area (Å²) in [6.07, 6.45) is 9.77.